The molecule has 0 fully saturated rings. The molecule has 1 heterocycles. The molecule has 1 aromatic rings. The van der Waals surface area contributed by atoms with Crippen molar-refractivity contribution in [3.63, 3.8) is 0 Å². The number of urea groups is 1. The highest BCUT2D eigenvalue weighted by Crippen LogP contribution is 2.06. The van der Waals surface area contributed by atoms with Crippen LogP contribution in [0.5, 0.6) is 0 Å². The summed E-state index contributed by atoms with van der Waals surface area (Å²) in [4.78, 5) is 24.0. The average molecular weight is 270 g/mol. The average Bonchev–Trinajstić information content (AvgIpc) is 2.79. The third kappa shape index (κ3) is 4.90. The van der Waals surface area contributed by atoms with Crippen LogP contribution in [0.25, 0.3) is 0 Å². The lowest BCUT2D eigenvalue weighted by Gasteiger charge is -2.24. The van der Waals surface area contributed by atoms with E-state index in [-0.39, 0.29) is 12.5 Å². The Kier molecular flexibility index (Phi) is 5.22. The molecule has 0 saturated heterocycles. The molecule has 0 aliphatic rings. The molecule has 9 heteroatoms. The number of carboxylic acids is 1. The second kappa shape index (κ2) is 6.66. The number of carboxylic acid groups (broad SMARTS) is 1. The van der Waals surface area contributed by atoms with E-state index in [2.05, 4.69) is 25.9 Å². The number of carbonyl (C=O) groups is 2. The smallest absolute Gasteiger partial charge is 0.323 e. The maximum atomic E-state index is 12.0. The fourth-order valence-corrected chi connectivity index (χ4v) is 1.52. The van der Waals surface area contributed by atoms with Crippen molar-refractivity contribution in [2.24, 2.45) is 5.92 Å². The number of nitrogens with one attached hydrogen (secondary N) is 2. The van der Waals surface area contributed by atoms with Crippen molar-refractivity contribution in [2.75, 3.05) is 13.1 Å². The Morgan fingerprint density at radius 1 is 1.42 bits per heavy atom. The van der Waals surface area contributed by atoms with Crippen molar-refractivity contribution in [3.05, 3.63) is 5.82 Å². The molecule has 2 amide bonds. The molecule has 3 N–H and O–H groups in total. The fraction of sp³-hybridized carbons (Fsp3) is 0.700. The predicted octanol–water partition coefficient (Wildman–Crippen LogP) is 0.0129. The Morgan fingerprint density at radius 2 is 2.11 bits per heavy atom. The Balaban J connectivity index is 2.63. The summed E-state index contributed by atoms with van der Waals surface area (Å²) >= 11 is 0. The molecule has 0 radical (unpaired) electrons. The van der Waals surface area contributed by atoms with Gasteiger partial charge in [-0.05, 0) is 12.8 Å². The molecule has 0 saturated carbocycles. The van der Waals surface area contributed by atoms with E-state index in [1.54, 1.807) is 6.92 Å². The van der Waals surface area contributed by atoms with E-state index >= 15 is 0 Å². The van der Waals surface area contributed by atoms with Crippen LogP contribution in [0.15, 0.2) is 0 Å². The number of nitrogens with zero attached hydrogens (tertiary/aromatic N) is 4. The number of aromatic amines is 1. The molecular formula is C10H18N6O3. The SMILES string of the molecule is CC(C)CN(CC(=O)O)C(=O)NC(C)c1nn[nH]n1. The van der Waals surface area contributed by atoms with Gasteiger partial charge in [0.25, 0.3) is 0 Å². The lowest BCUT2D eigenvalue weighted by atomic mass is 10.2. The number of aromatic nitrogens is 4. The van der Waals surface area contributed by atoms with Gasteiger partial charge < -0.3 is 15.3 Å². The van der Waals surface area contributed by atoms with Crippen LogP contribution < -0.4 is 5.32 Å². The molecule has 0 spiro atoms. The summed E-state index contributed by atoms with van der Waals surface area (Å²) in [6.07, 6.45) is 0. The van der Waals surface area contributed by atoms with Gasteiger partial charge in [0.05, 0.1) is 6.04 Å². The van der Waals surface area contributed by atoms with Gasteiger partial charge in [-0.3, -0.25) is 4.79 Å². The maximum absolute atomic E-state index is 12.0. The number of amides is 2. The monoisotopic (exact) mass is 270 g/mol. The van der Waals surface area contributed by atoms with E-state index in [1.807, 2.05) is 13.8 Å². The van der Waals surface area contributed by atoms with Crippen LogP contribution >= 0.6 is 0 Å². The van der Waals surface area contributed by atoms with Gasteiger partial charge in [-0.1, -0.05) is 19.1 Å². The quantitative estimate of drug-likeness (QED) is 0.669. The number of carbonyl (C=O) groups excluding carboxylic acids is 1. The summed E-state index contributed by atoms with van der Waals surface area (Å²) in [6, 6.07) is -0.914. The van der Waals surface area contributed by atoms with Gasteiger partial charge in [0.15, 0.2) is 5.82 Å². The Labute approximate surface area is 110 Å². The zero-order chi connectivity index (χ0) is 14.4. The summed E-state index contributed by atoms with van der Waals surface area (Å²) < 4.78 is 0. The van der Waals surface area contributed by atoms with Crippen molar-refractivity contribution in [1.29, 1.82) is 0 Å². The molecule has 19 heavy (non-hydrogen) atoms. The highest BCUT2D eigenvalue weighted by Gasteiger charge is 2.21. The van der Waals surface area contributed by atoms with E-state index in [1.165, 1.54) is 4.90 Å². The van der Waals surface area contributed by atoms with Gasteiger partial charge in [0.2, 0.25) is 0 Å². The molecule has 0 bridgehead atoms. The van der Waals surface area contributed by atoms with E-state index in [0.717, 1.165) is 0 Å². The third-order valence-corrected chi connectivity index (χ3v) is 2.29. The second-order valence-corrected chi connectivity index (χ2v) is 4.61. The second-order valence-electron chi connectivity index (χ2n) is 4.61. The Hall–Kier alpha value is -2.19. The lowest BCUT2D eigenvalue weighted by molar-refractivity contribution is -0.137. The summed E-state index contributed by atoms with van der Waals surface area (Å²) in [5.74, 6) is -0.540. The fourth-order valence-electron chi connectivity index (χ4n) is 1.52. The topological polar surface area (TPSA) is 124 Å². The minimum absolute atomic E-state index is 0.172. The van der Waals surface area contributed by atoms with Gasteiger partial charge in [-0.25, -0.2) is 4.79 Å². The first kappa shape index (κ1) is 14.9. The molecule has 1 rings (SSSR count). The molecule has 0 aliphatic carbocycles. The summed E-state index contributed by atoms with van der Waals surface area (Å²) in [5.41, 5.74) is 0. The molecular weight excluding hydrogens is 252 g/mol. The van der Waals surface area contributed by atoms with Gasteiger partial charge in [0, 0.05) is 6.54 Å². The molecule has 9 nitrogen and oxygen atoms in total. The summed E-state index contributed by atoms with van der Waals surface area (Å²) in [7, 11) is 0. The number of aliphatic carboxylic acids is 1. The van der Waals surface area contributed by atoms with Crippen LogP contribution in [-0.2, 0) is 4.79 Å². The Morgan fingerprint density at radius 3 is 2.58 bits per heavy atom. The lowest BCUT2D eigenvalue weighted by Crippen LogP contribution is -2.45. The molecule has 1 aromatic heterocycles. The van der Waals surface area contributed by atoms with E-state index in [9.17, 15) is 9.59 Å². The van der Waals surface area contributed by atoms with Crippen molar-refractivity contribution >= 4 is 12.0 Å². The van der Waals surface area contributed by atoms with E-state index < -0.39 is 18.0 Å². The first-order chi connectivity index (χ1) is 8.90. The highest BCUT2D eigenvalue weighted by molar-refractivity contribution is 5.80. The number of tetrazole rings is 1. The molecule has 106 valence electrons. The van der Waals surface area contributed by atoms with Crippen LogP contribution in [0.3, 0.4) is 0 Å². The van der Waals surface area contributed by atoms with Gasteiger partial charge in [-0.15, -0.1) is 10.2 Å². The minimum atomic E-state index is -1.05. The van der Waals surface area contributed by atoms with Crippen molar-refractivity contribution < 1.29 is 14.7 Å². The zero-order valence-corrected chi connectivity index (χ0v) is 11.1. The summed E-state index contributed by atoms with van der Waals surface area (Å²) in [5, 5.41) is 24.6. The highest BCUT2D eigenvalue weighted by atomic mass is 16.4. The normalized spacial score (nSPS) is 12.2. The first-order valence-electron chi connectivity index (χ1n) is 5.90. The van der Waals surface area contributed by atoms with Gasteiger partial charge >= 0.3 is 12.0 Å². The first-order valence-corrected chi connectivity index (χ1v) is 5.90. The number of rotatable bonds is 6. The zero-order valence-electron chi connectivity index (χ0n) is 11.1. The van der Waals surface area contributed by atoms with Crippen molar-refractivity contribution in [1.82, 2.24) is 30.8 Å². The molecule has 1 unspecified atom stereocenters. The molecule has 0 aromatic carbocycles. The molecule has 0 aliphatic heterocycles. The standard InChI is InChI=1S/C10H18N6O3/c1-6(2)4-16(5-8(17)18)10(19)11-7(3)9-12-14-15-13-9/h6-7H,4-5H2,1-3H3,(H,11,19)(H,17,18)(H,12,13,14,15). The van der Waals surface area contributed by atoms with Crippen LogP contribution in [0.1, 0.15) is 32.6 Å². The van der Waals surface area contributed by atoms with Crippen molar-refractivity contribution in [2.45, 2.75) is 26.8 Å². The summed E-state index contributed by atoms with van der Waals surface area (Å²) in [6.45, 7) is 5.52. The van der Waals surface area contributed by atoms with Gasteiger partial charge in [-0.2, -0.15) is 5.21 Å². The molecule has 1 atom stereocenters. The number of hydrogen-bond acceptors (Lipinski definition) is 5. The van der Waals surface area contributed by atoms with Crippen molar-refractivity contribution in [3.8, 4) is 0 Å². The van der Waals surface area contributed by atoms with Crippen LogP contribution in [0.2, 0.25) is 0 Å². The largest absolute Gasteiger partial charge is 0.480 e. The van der Waals surface area contributed by atoms with Crippen LogP contribution in [-0.4, -0.2) is 55.7 Å². The van der Waals surface area contributed by atoms with E-state index in [0.29, 0.717) is 12.4 Å². The number of hydrogen-bond donors (Lipinski definition) is 3. The van der Waals surface area contributed by atoms with Gasteiger partial charge in [0.1, 0.15) is 6.54 Å². The third-order valence-electron chi connectivity index (χ3n) is 2.29. The maximum Gasteiger partial charge on any atom is 0.323 e. The van der Waals surface area contributed by atoms with E-state index in [4.69, 9.17) is 5.11 Å². The van der Waals surface area contributed by atoms with Crippen LogP contribution in [0, 0.1) is 5.92 Å². The number of H-pyrrole nitrogens is 1. The minimum Gasteiger partial charge on any atom is -0.480 e. The predicted molar refractivity (Wildman–Crippen MR) is 65.2 cm³/mol. The Bertz CT molecular complexity index is 419. The van der Waals surface area contributed by atoms with Crippen LogP contribution in [0.4, 0.5) is 4.79 Å².